The van der Waals surface area contributed by atoms with E-state index < -0.39 is 17.7 Å². The van der Waals surface area contributed by atoms with E-state index in [1.807, 2.05) is 13.8 Å². The fourth-order valence-corrected chi connectivity index (χ4v) is 1.63. The highest BCUT2D eigenvalue weighted by molar-refractivity contribution is 5.18. The van der Waals surface area contributed by atoms with Crippen molar-refractivity contribution in [2.24, 2.45) is 5.92 Å². The minimum absolute atomic E-state index is 0.298. The van der Waals surface area contributed by atoms with Crippen LogP contribution in [-0.4, -0.2) is 11.2 Å². The Bertz CT molecular complexity index is 303. The van der Waals surface area contributed by atoms with Crippen molar-refractivity contribution in [2.45, 2.75) is 32.8 Å². The largest absolute Gasteiger partial charge is 0.393 e. The molecule has 0 aliphatic carbocycles. The summed E-state index contributed by atoms with van der Waals surface area (Å²) in [5.41, 5.74) is 0.501. The van der Waals surface area contributed by atoms with E-state index in [4.69, 9.17) is 0 Å². The molecule has 0 aliphatic rings. The predicted molar refractivity (Wildman–Crippen MR) is 55.5 cm³/mol. The van der Waals surface area contributed by atoms with Crippen molar-refractivity contribution >= 4 is 0 Å². The fraction of sp³-hybridized carbons (Fsp3) is 0.500. The highest BCUT2D eigenvalue weighted by Crippen LogP contribution is 2.13. The van der Waals surface area contributed by atoms with Crippen molar-refractivity contribution in [1.82, 2.24) is 0 Å². The van der Waals surface area contributed by atoms with Crippen LogP contribution in [0.4, 0.5) is 8.78 Å². The average molecular weight is 214 g/mol. The number of halogens is 2. The van der Waals surface area contributed by atoms with Gasteiger partial charge in [0.25, 0.3) is 0 Å². The Morgan fingerprint density at radius 2 is 1.67 bits per heavy atom. The number of hydrogen-bond donors (Lipinski definition) is 1. The first kappa shape index (κ1) is 12.1. The Hall–Kier alpha value is -0.960. The smallest absolute Gasteiger partial charge is 0.126 e. The second-order valence-electron chi connectivity index (χ2n) is 4.27. The molecule has 84 valence electrons. The number of aliphatic hydroxyl groups excluding tert-OH is 1. The molecule has 0 bridgehead atoms. The topological polar surface area (TPSA) is 20.2 Å². The molecule has 0 spiro atoms. The second kappa shape index (κ2) is 5.21. The lowest BCUT2D eigenvalue weighted by Gasteiger charge is -2.12. The predicted octanol–water partition coefficient (Wildman–Crippen LogP) is 2.91. The van der Waals surface area contributed by atoms with E-state index in [9.17, 15) is 13.9 Å². The summed E-state index contributed by atoms with van der Waals surface area (Å²) in [6, 6.07) is 3.34. The van der Waals surface area contributed by atoms with Gasteiger partial charge in [-0.05, 0) is 36.5 Å². The van der Waals surface area contributed by atoms with E-state index in [1.165, 1.54) is 12.1 Å². The number of rotatable bonds is 4. The van der Waals surface area contributed by atoms with Gasteiger partial charge in [0.2, 0.25) is 0 Å². The van der Waals surface area contributed by atoms with Crippen LogP contribution in [0.25, 0.3) is 0 Å². The fourth-order valence-electron chi connectivity index (χ4n) is 1.63. The van der Waals surface area contributed by atoms with E-state index in [0.717, 1.165) is 6.07 Å². The Kier molecular flexibility index (Phi) is 4.21. The molecule has 1 unspecified atom stereocenters. The Morgan fingerprint density at radius 3 is 2.13 bits per heavy atom. The molecule has 1 aromatic rings. The van der Waals surface area contributed by atoms with Crippen LogP contribution in [0, 0.1) is 17.6 Å². The van der Waals surface area contributed by atoms with Gasteiger partial charge in [0, 0.05) is 6.07 Å². The standard InChI is InChI=1S/C12H16F2O/c1-8(2)3-12(15)6-9-4-10(13)7-11(14)5-9/h4-5,7-8,12,15H,3,6H2,1-2H3. The molecule has 0 aliphatic heterocycles. The summed E-state index contributed by atoms with van der Waals surface area (Å²) in [6.07, 6.45) is 0.400. The zero-order valence-corrected chi connectivity index (χ0v) is 9.00. The van der Waals surface area contributed by atoms with E-state index in [0.29, 0.717) is 24.3 Å². The van der Waals surface area contributed by atoms with Gasteiger partial charge in [0.05, 0.1) is 6.10 Å². The molecule has 0 heterocycles. The minimum atomic E-state index is -0.596. The third-order valence-corrected chi connectivity index (χ3v) is 2.14. The van der Waals surface area contributed by atoms with Gasteiger partial charge in [0.1, 0.15) is 11.6 Å². The van der Waals surface area contributed by atoms with Crippen LogP contribution in [0.3, 0.4) is 0 Å². The van der Waals surface area contributed by atoms with E-state index in [2.05, 4.69) is 0 Å². The summed E-state index contributed by atoms with van der Waals surface area (Å²) in [7, 11) is 0. The normalized spacial score (nSPS) is 13.2. The van der Waals surface area contributed by atoms with E-state index >= 15 is 0 Å². The van der Waals surface area contributed by atoms with Crippen molar-refractivity contribution in [1.29, 1.82) is 0 Å². The molecule has 1 rings (SSSR count). The Morgan fingerprint density at radius 1 is 1.13 bits per heavy atom. The maximum absolute atomic E-state index is 12.8. The Labute approximate surface area is 88.7 Å². The molecule has 1 N–H and O–H groups in total. The van der Waals surface area contributed by atoms with Crippen LogP contribution in [0.5, 0.6) is 0 Å². The third-order valence-electron chi connectivity index (χ3n) is 2.14. The van der Waals surface area contributed by atoms with Crippen LogP contribution in [-0.2, 0) is 6.42 Å². The summed E-state index contributed by atoms with van der Waals surface area (Å²) in [5, 5.41) is 9.61. The van der Waals surface area contributed by atoms with Crippen molar-refractivity contribution in [3.05, 3.63) is 35.4 Å². The first-order valence-corrected chi connectivity index (χ1v) is 5.10. The van der Waals surface area contributed by atoms with Crippen LogP contribution in [0.15, 0.2) is 18.2 Å². The summed E-state index contributed by atoms with van der Waals surface area (Å²) in [6.45, 7) is 3.99. The van der Waals surface area contributed by atoms with Crippen LogP contribution < -0.4 is 0 Å². The first-order valence-electron chi connectivity index (χ1n) is 5.10. The van der Waals surface area contributed by atoms with Gasteiger partial charge in [-0.3, -0.25) is 0 Å². The Balaban J connectivity index is 2.63. The number of benzene rings is 1. The van der Waals surface area contributed by atoms with Crippen molar-refractivity contribution in [3.8, 4) is 0 Å². The van der Waals surface area contributed by atoms with Crippen LogP contribution >= 0.6 is 0 Å². The lowest BCUT2D eigenvalue weighted by Crippen LogP contribution is -2.13. The molecule has 0 aromatic heterocycles. The molecule has 0 saturated heterocycles. The molecular formula is C12H16F2O. The van der Waals surface area contributed by atoms with Crippen LogP contribution in [0.1, 0.15) is 25.8 Å². The average Bonchev–Trinajstić information content (AvgIpc) is 1.98. The zero-order chi connectivity index (χ0) is 11.4. The maximum atomic E-state index is 12.8. The maximum Gasteiger partial charge on any atom is 0.126 e. The van der Waals surface area contributed by atoms with Crippen molar-refractivity contribution in [2.75, 3.05) is 0 Å². The summed E-state index contributed by atoms with van der Waals surface area (Å²) >= 11 is 0. The van der Waals surface area contributed by atoms with Gasteiger partial charge in [-0.25, -0.2) is 8.78 Å². The lowest BCUT2D eigenvalue weighted by atomic mass is 10.00. The molecule has 1 aromatic carbocycles. The van der Waals surface area contributed by atoms with Gasteiger partial charge in [-0.2, -0.15) is 0 Å². The highest BCUT2D eigenvalue weighted by Gasteiger charge is 2.09. The van der Waals surface area contributed by atoms with Gasteiger partial charge in [-0.15, -0.1) is 0 Å². The molecule has 0 amide bonds. The molecule has 0 saturated carbocycles. The quantitative estimate of drug-likeness (QED) is 0.817. The van der Waals surface area contributed by atoms with Gasteiger partial charge in [0.15, 0.2) is 0 Å². The summed E-state index contributed by atoms with van der Waals surface area (Å²) in [5.74, 6) is -0.818. The minimum Gasteiger partial charge on any atom is -0.393 e. The molecular weight excluding hydrogens is 198 g/mol. The summed E-state index contributed by atoms with van der Waals surface area (Å²) < 4.78 is 25.6. The van der Waals surface area contributed by atoms with Crippen LogP contribution in [0.2, 0.25) is 0 Å². The first-order chi connectivity index (χ1) is 6.97. The monoisotopic (exact) mass is 214 g/mol. The van der Waals surface area contributed by atoms with E-state index in [1.54, 1.807) is 0 Å². The van der Waals surface area contributed by atoms with Crippen molar-refractivity contribution in [3.63, 3.8) is 0 Å². The molecule has 0 fully saturated rings. The molecule has 15 heavy (non-hydrogen) atoms. The summed E-state index contributed by atoms with van der Waals surface area (Å²) in [4.78, 5) is 0. The SMILES string of the molecule is CC(C)CC(O)Cc1cc(F)cc(F)c1. The highest BCUT2D eigenvalue weighted by atomic mass is 19.1. The molecule has 3 heteroatoms. The molecule has 1 nitrogen and oxygen atoms in total. The van der Waals surface area contributed by atoms with Gasteiger partial charge in [-0.1, -0.05) is 13.8 Å². The third kappa shape index (κ3) is 4.38. The molecule has 1 atom stereocenters. The molecule has 0 radical (unpaired) electrons. The lowest BCUT2D eigenvalue weighted by molar-refractivity contribution is 0.149. The van der Waals surface area contributed by atoms with Crippen molar-refractivity contribution < 1.29 is 13.9 Å². The van der Waals surface area contributed by atoms with Gasteiger partial charge >= 0.3 is 0 Å². The van der Waals surface area contributed by atoms with E-state index in [-0.39, 0.29) is 0 Å². The number of hydrogen-bond acceptors (Lipinski definition) is 1. The zero-order valence-electron chi connectivity index (χ0n) is 9.00. The second-order valence-corrected chi connectivity index (χ2v) is 4.27. The van der Waals surface area contributed by atoms with Gasteiger partial charge < -0.3 is 5.11 Å². The number of aliphatic hydroxyl groups is 1.